The van der Waals surface area contributed by atoms with Crippen LogP contribution in [0.1, 0.15) is 44.1 Å². The Hall–Kier alpha value is -4.14. The lowest BCUT2D eigenvalue weighted by atomic mass is 9.65. The van der Waals surface area contributed by atoms with Crippen LogP contribution in [0.15, 0.2) is 36.4 Å². The number of rotatable bonds is 7. The number of anilines is 1. The summed E-state index contributed by atoms with van der Waals surface area (Å²) >= 11 is 0. The predicted octanol–water partition coefficient (Wildman–Crippen LogP) is 4.92. The number of methoxy groups -OCH3 is 2. The van der Waals surface area contributed by atoms with Gasteiger partial charge in [-0.2, -0.15) is 13.2 Å². The number of alkyl halides is 3. The van der Waals surface area contributed by atoms with Crippen LogP contribution in [0.3, 0.4) is 0 Å². The SMILES string of the molecule is COc1ccc(C23CCC(NC(=O)Nc4ccc(F)c(F)c4)CC2N(C(=O)CN2CCCC2)CC3)cc1OC.O=C(O)C(F)(F)F. The van der Waals surface area contributed by atoms with Gasteiger partial charge < -0.3 is 30.1 Å². The third-order valence-corrected chi connectivity index (χ3v) is 8.85. The first kappa shape index (κ1) is 34.7. The van der Waals surface area contributed by atoms with E-state index in [0.29, 0.717) is 37.4 Å². The van der Waals surface area contributed by atoms with Gasteiger partial charge in [-0.1, -0.05) is 6.07 Å². The number of carbonyl (C=O) groups is 3. The Labute approximate surface area is 262 Å². The standard InChI is InChI=1S/C29H36F2N4O4.C2HF3O2/c1-38-24-8-5-19(15-25(24)39-2)29-10-9-21(33-28(37)32-20-6-7-22(30)23(31)16-20)17-26(29)35(14-11-29)27(36)18-34-12-3-4-13-34;3-2(4,5)1(6)7/h5-8,15-16,21,26H,3-4,9-14,17-18H2,1-2H3,(H2,32,33,37);(H,6,7). The Morgan fingerprint density at radius 1 is 0.957 bits per heavy atom. The number of ether oxygens (including phenoxy) is 2. The summed E-state index contributed by atoms with van der Waals surface area (Å²) < 4.78 is 69.7. The van der Waals surface area contributed by atoms with E-state index >= 15 is 0 Å². The van der Waals surface area contributed by atoms with Crippen LogP contribution in [0, 0.1) is 11.6 Å². The third kappa shape index (κ3) is 7.98. The zero-order valence-electron chi connectivity index (χ0n) is 25.5. The maximum atomic E-state index is 13.6. The van der Waals surface area contributed by atoms with Gasteiger partial charge in [-0.05, 0) is 81.4 Å². The van der Waals surface area contributed by atoms with Crippen molar-refractivity contribution < 1.29 is 50.9 Å². The molecule has 252 valence electrons. The van der Waals surface area contributed by atoms with E-state index in [0.717, 1.165) is 56.5 Å². The van der Waals surface area contributed by atoms with Crippen LogP contribution in [-0.4, -0.2) is 91.5 Å². The summed E-state index contributed by atoms with van der Waals surface area (Å²) in [4.78, 5) is 39.4. The number of halogens is 5. The number of fused-ring (bicyclic) bond motifs is 1. The number of carbonyl (C=O) groups excluding carboxylic acids is 2. The van der Waals surface area contributed by atoms with Gasteiger partial charge in [-0.3, -0.25) is 9.69 Å². The number of carboxylic acids is 1. The smallest absolute Gasteiger partial charge is 0.490 e. The summed E-state index contributed by atoms with van der Waals surface area (Å²) in [6, 6.07) is 8.46. The largest absolute Gasteiger partial charge is 0.493 e. The first-order valence-electron chi connectivity index (χ1n) is 14.8. The number of aliphatic carboxylic acids is 1. The molecule has 3 aliphatic rings. The van der Waals surface area contributed by atoms with Crippen LogP contribution in [0.5, 0.6) is 11.5 Å². The molecule has 2 heterocycles. The molecule has 2 aromatic carbocycles. The average molecular weight is 657 g/mol. The fourth-order valence-corrected chi connectivity index (χ4v) is 6.61. The molecular formula is C31H37F5N4O6. The van der Waals surface area contributed by atoms with Gasteiger partial charge in [0.15, 0.2) is 23.1 Å². The Kier molecular flexibility index (Phi) is 11.0. The average Bonchev–Trinajstić information content (AvgIpc) is 3.67. The quantitative estimate of drug-likeness (QED) is 0.362. The van der Waals surface area contributed by atoms with Gasteiger partial charge in [0.05, 0.1) is 20.8 Å². The van der Waals surface area contributed by atoms with E-state index in [1.54, 1.807) is 14.2 Å². The fraction of sp³-hybridized carbons (Fsp3) is 0.516. The molecule has 15 heteroatoms. The molecule has 1 aliphatic carbocycles. The van der Waals surface area contributed by atoms with Crippen molar-refractivity contribution in [1.82, 2.24) is 15.1 Å². The highest BCUT2D eigenvalue weighted by molar-refractivity contribution is 5.89. The molecule has 46 heavy (non-hydrogen) atoms. The molecular weight excluding hydrogens is 619 g/mol. The van der Waals surface area contributed by atoms with Gasteiger partial charge in [0.1, 0.15) is 0 Å². The molecule has 2 saturated heterocycles. The normalized spacial score (nSPS) is 22.7. The van der Waals surface area contributed by atoms with Gasteiger partial charge in [-0.25, -0.2) is 18.4 Å². The Bertz CT molecular complexity index is 1420. The van der Waals surface area contributed by atoms with Crippen LogP contribution < -0.4 is 20.1 Å². The molecule has 0 radical (unpaired) electrons. The summed E-state index contributed by atoms with van der Waals surface area (Å²) in [7, 11) is 3.22. The molecule has 3 unspecified atom stereocenters. The Balaban J connectivity index is 0.000000617. The van der Waals surface area contributed by atoms with Crippen molar-refractivity contribution in [3.63, 3.8) is 0 Å². The fourth-order valence-electron chi connectivity index (χ4n) is 6.61. The summed E-state index contributed by atoms with van der Waals surface area (Å²) in [6.07, 6.45) is 0.0512. The third-order valence-electron chi connectivity index (χ3n) is 8.85. The maximum Gasteiger partial charge on any atom is 0.490 e. The Morgan fingerprint density at radius 2 is 1.63 bits per heavy atom. The number of nitrogens with one attached hydrogen (secondary N) is 2. The number of likely N-dealkylation sites (tertiary alicyclic amines) is 2. The van der Waals surface area contributed by atoms with E-state index in [-0.39, 0.29) is 29.1 Å². The Morgan fingerprint density at radius 3 is 2.24 bits per heavy atom. The molecule has 3 N–H and O–H groups in total. The van der Waals surface area contributed by atoms with Gasteiger partial charge in [0.2, 0.25) is 5.91 Å². The van der Waals surface area contributed by atoms with Crippen LogP contribution >= 0.6 is 0 Å². The van der Waals surface area contributed by atoms with Crippen molar-refractivity contribution in [3.05, 3.63) is 53.6 Å². The zero-order valence-corrected chi connectivity index (χ0v) is 25.5. The summed E-state index contributed by atoms with van der Waals surface area (Å²) in [5.41, 5.74) is 1.01. The lowest BCUT2D eigenvalue weighted by Gasteiger charge is -2.45. The number of carboxylic acid groups (broad SMARTS) is 1. The molecule has 3 atom stereocenters. The molecule has 10 nitrogen and oxygen atoms in total. The van der Waals surface area contributed by atoms with Gasteiger partial charge >= 0.3 is 18.2 Å². The molecule has 3 fully saturated rings. The minimum Gasteiger partial charge on any atom is -0.493 e. The van der Waals surface area contributed by atoms with E-state index in [4.69, 9.17) is 19.4 Å². The van der Waals surface area contributed by atoms with E-state index in [2.05, 4.69) is 21.6 Å². The molecule has 0 aromatic heterocycles. The van der Waals surface area contributed by atoms with E-state index in [9.17, 15) is 31.5 Å². The molecule has 0 spiro atoms. The summed E-state index contributed by atoms with van der Waals surface area (Å²) in [5, 5.41) is 12.7. The maximum absolute atomic E-state index is 13.6. The van der Waals surface area contributed by atoms with E-state index in [1.165, 1.54) is 6.07 Å². The van der Waals surface area contributed by atoms with Crippen molar-refractivity contribution in [2.75, 3.05) is 45.7 Å². The monoisotopic (exact) mass is 656 g/mol. The lowest BCUT2D eigenvalue weighted by molar-refractivity contribution is -0.192. The molecule has 0 bridgehead atoms. The molecule has 2 aromatic rings. The van der Waals surface area contributed by atoms with Crippen LogP contribution in [0.4, 0.5) is 32.4 Å². The van der Waals surface area contributed by atoms with Crippen LogP contribution in [-0.2, 0) is 15.0 Å². The molecule has 3 amide bonds. The highest BCUT2D eigenvalue weighted by Crippen LogP contribution is 2.50. The van der Waals surface area contributed by atoms with Crippen molar-refractivity contribution in [1.29, 1.82) is 0 Å². The summed E-state index contributed by atoms with van der Waals surface area (Å²) in [6.45, 7) is 2.95. The zero-order chi connectivity index (χ0) is 33.6. The van der Waals surface area contributed by atoms with E-state index < -0.39 is 29.8 Å². The number of urea groups is 1. The predicted molar refractivity (Wildman–Crippen MR) is 157 cm³/mol. The second kappa shape index (κ2) is 14.5. The first-order chi connectivity index (χ1) is 21.8. The lowest BCUT2D eigenvalue weighted by Crippen LogP contribution is -2.55. The van der Waals surface area contributed by atoms with Crippen molar-refractivity contribution >= 4 is 23.6 Å². The minimum atomic E-state index is -5.08. The number of hydrogen-bond donors (Lipinski definition) is 3. The number of amides is 3. The number of benzene rings is 2. The molecule has 2 aliphatic heterocycles. The van der Waals surface area contributed by atoms with Crippen LogP contribution in [0.2, 0.25) is 0 Å². The number of hydrogen-bond acceptors (Lipinski definition) is 6. The van der Waals surface area contributed by atoms with Crippen LogP contribution in [0.25, 0.3) is 0 Å². The second-order valence-corrected chi connectivity index (χ2v) is 11.6. The van der Waals surface area contributed by atoms with Gasteiger partial charge in [0, 0.05) is 35.8 Å². The minimum absolute atomic E-state index is 0.104. The van der Waals surface area contributed by atoms with Crippen molar-refractivity contribution in [2.24, 2.45) is 0 Å². The highest BCUT2D eigenvalue weighted by atomic mass is 19.4. The highest BCUT2D eigenvalue weighted by Gasteiger charge is 2.53. The molecule has 1 saturated carbocycles. The summed E-state index contributed by atoms with van der Waals surface area (Å²) in [5.74, 6) is -3.33. The van der Waals surface area contributed by atoms with Crippen molar-refractivity contribution in [3.8, 4) is 11.5 Å². The number of nitrogens with zero attached hydrogens (tertiary/aromatic N) is 2. The topological polar surface area (TPSA) is 120 Å². The van der Waals surface area contributed by atoms with Gasteiger partial charge in [0.25, 0.3) is 0 Å². The molecule has 5 rings (SSSR count). The van der Waals surface area contributed by atoms with Gasteiger partial charge in [-0.15, -0.1) is 0 Å². The first-order valence-corrected chi connectivity index (χ1v) is 14.8. The van der Waals surface area contributed by atoms with Crippen molar-refractivity contribution in [2.45, 2.75) is 62.2 Å². The van der Waals surface area contributed by atoms with E-state index in [1.807, 2.05) is 17.0 Å². The second-order valence-electron chi connectivity index (χ2n) is 11.6.